The lowest BCUT2D eigenvalue weighted by Crippen LogP contribution is -2.34. The fourth-order valence-electron chi connectivity index (χ4n) is 3.50. The molecule has 0 amide bonds. The van der Waals surface area contributed by atoms with Crippen molar-refractivity contribution >= 4 is 17.8 Å². The van der Waals surface area contributed by atoms with Gasteiger partial charge in [-0.15, -0.1) is 0 Å². The van der Waals surface area contributed by atoms with Crippen LogP contribution in [-0.2, 0) is 25.6 Å². The Labute approximate surface area is 176 Å². The van der Waals surface area contributed by atoms with E-state index >= 15 is 0 Å². The molecule has 30 heavy (non-hydrogen) atoms. The summed E-state index contributed by atoms with van der Waals surface area (Å²) in [5, 5.41) is 0. The van der Waals surface area contributed by atoms with E-state index in [2.05, 4.69) is 4.99 Å². The Morgan fingerprint density at radius 1 is 0.967 bits per heavy atom. The second-order valence-electron chi connectivity index (χ2n) is 8.05. The standard InChI is InChI=1S/C24H26N2O4/c1-24(2,23-26-20(16-30-23)18-11-7-4-8-12-18)22-25-19(15-29-22)13-21(27)28-14-17-9-5-3-6-10-17/h3-12,19-20H,13-16H2,1-2H3/t19-,20+/m0/s1. The van der Waals surface area contributed by atoms with Crippen LogP contribution in [0, 0.1) is 5.41 Å². The number of benzene rings is 2. The number of carbonyl (C=O) groups is 1. The molecule has 0 fully saturated rings. The molecule has 0 aliphatic carbocycles. The van der Waals surface area contributed by atoms with E-state index in [1.165, 1.54) is 0 Å². The van der Waals surface area contributed by atoms with Crippen molar-refractivity contribution in [3.63, 3.8) is 0 Å². The molecule has 0 spiro atoms. The molecule has 6 nitrogen and oxygen atoms in total. The summed E-state index contributed by atoms with van der Waals surface area (Å²) in [4.78, 5) is 21.6. The molecule has 0 aromatic heterocycles. The third kappa shape index (κ3) is 4.53. The van der Waals surface area contributed by atoms with E-state index < -0.39 is 5.41 Å². The third-order valence-corrected chi connectivity index (χ3v) is 5.26. The topological polar surface area (TPSA) is 69.5 Å². The van der Waals surface area contributed by atoms with Crippen LogP contribution in [0.1, 0.15) is 37.4 Å². The van der Waals surface area contributed by atoms with Gasteiger partial charge in [0.1, 0.15) is 31.3 Å². The molecule has 0 unspecified atom stereocenters. The highest BCUT2D eigenvalue weighted by Crippen LogP contribution is 2.33. The van der Waals surface area contributed by atoms with Gasteiger partial charge in [-0.05, 0) is 25.0 Å². The van der Waals surface area contributed by atoms with Crippen molar-refractivity contribution in [1.82, 2.24) is 0 Å². The molecule has 156 valence electrons. The highest BCUT2D eigenvalue weighted by atomic mass is 16.5. The Balaban J connectivity index is 1.36. The van der Waals surface area contributed by atoms with Crippen LogP contribution >= 0.6 is 0 Å². The van der Waals surface area contributed by atoms with Gasteiger partial charge in [0, 0.05) is 0 Å². The van der Waals surface area contributed by atoms with Gasteiger partial charge in [0.05, 0.1) is 12.5 Å². The minimum Gasteiger partial charge on any atom is -0.478 e. The van der Waals surface area contributed by atoms with E-state index in [-0.39, 0.29) is 31.1 Å². The third-order valence-electron chi connectivity index (χ3n) is 5.26. The minimum atomic E-state index is -0.591. The number of esters is 1. The van der Waals surface area contributed by atoms with E-state index in [0.717, 1.165) is 11.1 Å². The van der Waals surface area contributed by atoms with Gasteiger partial charge in [-0.2, -0.15) is 0 Å². The molecular weight excluding hydrogens is 380 g/mol. The summed E-state index contributed by atoms with van der Waals surface area (Å²) in [6.45, 7) is 5.09. The molecule has 6 heteroatoms. The van der Waals surface area contributed by atoms with E-state index in [1.807, 2.05) is 74.5 Å². The quantitative estimate of drug-likeness (QED) is 0.649. The predicted molar refractivity (Wildman–Crippen MR) is 114 cm³/mol. The highest BCUT2D eigenvalue weighted by Gasteiger charge is 2.41. The number of aliphatic imine (C=N–C) groups is 2. The lowest BCUT2D eigenvalue weighted by atomic mass is 9.93. The maximum absolute atomic E-state index is 12.2. The van der Waals surface area contributed by atoms with Crippen LogP contribution in [0.25, 0.3) is 0 Å². The largest absolute Gasteiger partial charge is 0.478 e. The number of carbonyl (C=O) groups excluding carboxylic acids is 1. The summed E-state index contributed by atoms with van der Waals surface area (Å²) in [5.41, 5.74) is 1.49. The zero-order valence-electron chi connectivity index (χ0n) is 17.3. The molecule has 2 heterocycles. The van der Waals surface area contributed by atoms with Gasteiger partial charge in [-0.3, -0.25) is 4.79 Å². The van der Waals surface area contributed by atoms with Crippen LogP contribution in [0.4, 0.5) is 0 Å². The maximum Gasteiger partial charge on any atom is 0.308 e. The van der Waals surface area contributed by atoms with Gasteiger partial charge in [0.25, 0.3) is 0 Å². The normalized spacial score (nSPS) is 20.7. The number of hydrogen-bond donors (Lipinski definition) is 0. The molecule has 2 aromatic carbocycles. The molecule has 0 radical (unpaired) electrons. The summed E-state index contributed by atoms with van der Waals surface area (Å²) in [7, 11) is 0. The molecule has 2 aliphatic rings. The van der Waals surface area contributed by atoms with Crippen LogP contribution in [-0.4, -0.2) is 37.0 Å². The molecular formula is C24H26N2O4. The molecule has 2 aliphatic heterocycles. The number of hydrogen-bond acceptors (Lipinski definition) is 6. The van der Waals surface area contributed by atoms with Crippen molar-refractivity contribution in [1.29, 1.82) is 0 Å². The van der Waals surface area contributed by atoms with Crippen molar-refractivity contribution in [2.24, 2.45) is 15.4 Å². The Kier molecular flexibility index (Phi) is 5.84. The zero-order chi connectivity index (χ0) is 21.0. The van der Waals surface area contributed by atoms with Crippen molar-refractivity contribution in [2.75, 3.05) is 13.2 Å². The van der Waals surface area contributed by atoms with Crippen LogP contribution in [0.5, 0.6) is 0 Å². The van der Waals surface area contributed by atoms with Crippen LogP contribution < -0.4 is 0 Å². The van der Waals surface area contributed by atoms with E-state index in [0.29, 0.717) is 25.0 Å². The lowest BCUT2D eigenvalue weighted by Gasteiger charge is -2.22. The van der Waals surface area contributed by atoms with Crippen molar-refractivity contribution in [3.05, 3.63) is 71.8 Å². The first-order valence-corrected chi connectivity index (χ1v) is 10.2. The lowest BCUT2D eigenvalue weighted by molar-refractivity contribution is -0.145. The molecule has 0 saturated carbocycles. The first kappa shape index (κ1) is 20.1. The molecule has 2 atom stereocenters. The number of nitrogens with zero attached hydrogens (tertiary/aromatic N) is 2. The SMILES string of the molecule is CC(C)(C1=N[C@@H](CC(=O)OCc2ccccc2)CO1)C1=N[C@@H](c2ccccc2)CO1. The van der Waals surface area contributed by atoms with Gasteiger partial charge in [-0.25, -0.2) is 9.98 Å². The van der Waals surface area contributed by atoms with Gasteiger partial charge in [-0.1, -0.05) is 60.7 Å². The van der Waals surface area contributed by atoms with E-state index in [1.54, 1.807) is 0 Å². The average molecular weight is 406 g/mol. The van der Waals surface area contributed by atoms with Gasteiger partial charge >= 0.3 is 5.97 Å². The second kappa shape index (κ2) is 8.69. The average Bonchev–Trinajstić information content (AvgIpc) is 3.44. The van der Waals surface area contributed by atoms with Crippen molar-refractivity contribution in [2.45, 2.75) is 39.0 Å². The van der Waals surface area contributed by atoms with Crippen molar-refractivity contribution in [3.8, 4) is 0 Å². The Bertz CT molecular complexity index is 938. The van der Waals surface area contributed by atoms with E-state index in [4.69, 9.17) is 19.2 Å². The highest BCUT2D eigenvalue weighted by molar-refractivity contribution is 6.05. The van der Waals surface area contributed by atoms with Crippen LogP contribution in [0.2, 0.25) is 0 Å². The molecule has 0 saturated heterocycles. The fourth-order valence-corrected chi connectivity index (χ4v) is 3.50. The summed E-state index contributed by atoms with van der Waals surface area (Å²) in [6.07, 6.45) is 0.187. The zero-order valence-corrected chi connectivity index (χ0v) is 17.3. The van der Waals surface area contributed by atoms with Gasteiger partial charge in [0.15, 0.2) is 11.8 Å². The monoisotopic (exact) mass is 406 g/mol. The minimum absolute atomic E-state index is 0.0220. The smallest absolute Gasteiger partial charge is 0.308 e. The van der Waals surface area contributed by atoms with Gasteiger partial charge in [0.2, 0.25) is 0 Å². The maximum atomic E-state index is 12.2. The fraction of sp³-hybridized carbons (Fsp3) is 0.375. The Hall–Kier alpha value is -3.15. The number of ether oxygens (including phenoxy) is 3. The van der Waals surface area contributed by atoms with Crippen LogP contribution in [0.15, 0.2) is 70.6 Å². The summed E-state index contributed by atoms with van der Waals surface area (Å²) in [5.74, 6) is 0.882. The Morgan fingerprint density at radius 3 is 2.33 bits per heavy atom. The number of rotatable bonds is 7. The van der Waals surface area contributed by atoms with Crippen molar-refractivity contribution < 1.29 is 19.0 Å². The first-order valence-electron chi connectivity index (χ1n) is 10.2. The summed E-state index contributed by atoms with van der Waals surface area (Å²) in [6, 6.07) is 19.4. The van der Waals surface area contributed by atoms with Crippen LogP contribution in [0.3, 0.4) is 0 Å². The molecule has 4 rings (SSSR count). The summed E-state index contributed by atoms with van der Waals surface area (Å²) < 4.78 is 17.1. The molecule has 0 bridgehead atoms. The predicted octanol–water partition coefficient (Wildman–Crippen LogP) is 4.11. The van der Waals surface area contributed by atoms with Gasteiger partial charge < -0.3 is 14.2 Å². The first-order chi connectivity index (χ1) is 14.5. The Morgan fingerprint density at radius 2 is 1.60 bits per heavy atom. The summed E-state index contributed by atoms with van der Waals surface area (Å²) >= 11 is 0. The second-order valence-corrected chi connectivity index (χ2v) is 8.05. The van der Waals surface area contributed by atoms with E-state index in [9.17, 15) is 4.79 Å². The molecule has 2 aromatic rings. The molecule has 0 N–H and O–H groups in total.